The van der Waals surface area contributed by atoms with Crippen molar-refractivity contribution in [2.24, 2.45) is 4.99 Å². The number of benzene rings is 2. The summed E-state index contributed by atoms with van der Waals surface area (Å²) in [4.78, 5) is 33.4. The first-order valence-corrected chi connectivity index (χ1v) is 12.5. The lowest BCUT2D eigenvalue weighted by molar-refractivity contribution is -0.144. The second-order valence-electron chi connectivity index (χ2n) is 8.18. The Hall–Kier alpha value is -3.50. The fraction of sp³-hybridized carbons (Fsp3) is 0.346. The molecule has 0 bridgehead atoms. The number of methoxy groups -OCH3 is 1. The van der Waals surface area contributed by atoms with Crippen LogP contribution in [0, 0.1) is 0 Å². The van der Waals surface area contributed by atoms with Crippen LogP contribution in [0.3, 0.4) is 0 Å². The molecule has 0 saturated carbocycles. The van der Waals surface area contributed by atoms with Gasteiger partial charge in [-0.3, -0.25) is 9.69 Å². The van der Waals surface area contributed by atoms with Crippen LogP contribution in [0.2, 0.25) is 0 Å². The van der Waals surface area contributed by atoms with E-state index in [2.05, 4.69) is 4.90 Å². The number of anilines is 1. The van der Waals surface area contributed by atoms with E-state index in [9.17, 15) is 9.59 Å². The molecule has 190 valence electrons. The number of aliphatic carboxylic acids is 1. The van der Waals surface area contributed by atoms with Crippen LogP contribution >= 0.6 is 11.8 Å². The number of nitrogens with zero attached hydrogens (tertiary/aromatic N) is 3. The topological polar surface area (TPSA) is 101 Å². The zero-order chi connectivity index (χ0) is 25.7. The van der Waals surface area contributed by atoms with Crippen molar-refractivity contribution >= 4 is 46.3 Å². The second kappa shape index (κ2) is 11.5. The Morgan fingerprint density at radius 2 is 1.92 bits per heavy atom. The summed E-state index contributed by atoms with van der Waals surface area (Å²) in [6.07, 6.45) is 0.752. The predicted octanol–water partition coefficient (Wildman–Crippen LogP) is 4.01. The molecule has 36 heavy (non-hydrogen) atoms. The van der Waals surface area contributed by atoms with E-state index in [1.807, 2.05) is 31.2 Å². The first-order valence-electron chi connectivity index (χ1n) is 11.7. The van der Waals surface area contributed by atoms with Crippen LogP contribution in [-0.2, 0) is 14.3 Å². The lowest BCUT2D eigenvalue weighted by atomic mass is 10.2. The molecule has 0 unspecified atom stereocenters. The normalized spacial score (nSPS) is 19.1. The molecule has 0 aliphatic carbocycles. The molecule has 2 aromatic carbocycles. The third-order valence-corrected chi connectivity index (χ3v) is 6.80. The van der Waals surface area contributed by atoms with Crippen LogP contribution in [-0.4, -0.2) is 73.1 Å². The van der Waals surface area contributed by atoms with Gasteiger partial charge in [-0.15, -0.1) is 0 Å². The van der Waals surface area contributed by atoms with Crippen LogP contribution in [0.25, 0.3) is 6.08 Å². The van der Waals surface area contributed by atoms with E-state index in [-0.39, 0.29) is 5.91 Å². The Morgan fingerprint density at radius 3 is 2.56 bits per heavy atom. The first kappa shape index (κ1) is 25.6. The number of amidine groups is 1. The van der Waals surface area contributed by atoms with Gasteiger partial charge in [0.05, 0.1) is 30.9 Å². The maximum absolute atomic E-state index is 13.1. The molecule has 1 N–H and O–H groups in total. The Kier molecular flexibility index (Phi) is 8.17. The van der Waals surface area contributed by atoms with Gasteiger partial charge in [-0.25, -0.2) is 9.79 Å². The maximum Gasteiger partial charge on any atom is 0.344 e. The molecule has 0 spiro atoms. The fourth-order valence-corrected chi connectivity index (χ4v) is 4.87. The van der Waals surface area contributed by atoms with Crippen molar-refractivity contribution in [2.75, 3.05) is 44.9 Å². The van der Waals surface area contributed by atoms with Crippen molar-refractivity contribution in [3.05, 3.63) is 52.9 Å². The van der Waals surface area contributed by atoms with Gasteiger partial charge < -0.3 is 24.2 Å². The second-order valence-corrected chi connectivity index (χ2v) is 9.19. The highest BCUT2D eigenvalue weighted by Gasteiger charge is 2.32. The minimum Gasteiger partial charge on any atom is -0.493 e. The molecule has 4 rings (SSSR count). The lowest BCUT2D eigenvalue weighted by Crippen LogP contribution is -2.36. The highest BCUT2D eigenvalue weighted by molar-refractivity contribution is 8.18. The summed E-state index contributed by atoms with van der Waals surface area (Å²) in [7, 11) is 1.48. The van der Waals surface area contributed by atoms with Crippen molar-refractivity contribution in [3.8, 4) is 11.5 Å². The highest BCUT2D eigenvalue weighted by atomic mass is 32.2. The van der Waals surface area contributed by atoms with Crippen molar-refractivity contribution < 1.29 is 28.9 Å². The van der Waals surface area contributed by atoms with Gasteiger partial charge in [-0.05, 0) is 73.6 Å². The van der Waals surface area contributed by atoms with E-state index in [1.165, 1.54) is 25.8 Å². The van der Waals surface area contributed by atoms with Crippen LogP contribution in [0.4, 0.5) is 11.4 Å². The summed E-state index contributed by atoms with van der Waals surface area (Å²) in [5.41, 5.74) is 2.63. The van der Waals surface area contributed by atoms with Crippen molar-refractivity contribution in [3.63, 3.8) is 0 Å². The van der Waals surface area contributed by atoms with Crippen LogP contribution in [0.15, 0.2) is 52.4 Å². The number of amides is 1. The summed E-state index contributed by atoms with van der Waals surface area (Å²) in [5, 5.41) is 9.71. The third-order valence-electron chi connectivity index (χ3n) is 5.79. The Morgan fingerprint density at radius 1 is 1.19 bits per heavy atom. The Bertz CT molecular complexity index is 1170. The van der Waals surface area contributed by atoms with Gasteiger partial charge in [0.2, 0.25) is 0 Å². The molecule has 0 aromatic heterocycles. The fourth-order valence-electron chi connectivity index (χ4n) is 3.80. The van der Waals surface area contributed by atoms with Gasteiger partial charge in [-0.1, -0.05) is 6.07 Å². The van der Waals surface area contributed by atoms with Gasteiger partial charge >= 0.3 is 5.97 Å². The lowest BCUT2D eigenvalue weighted by Gasteiger charge is -2.28. The average molecular weight is 512 g/mol. The minimum atomic E-state index is -1.07. The molecule has 2 aliphatic heterocycles. The third kappa shape index (κ3) is 5.83. The molecule has 9 nitrogen and oxygen atoms in total. The minimum absolute atomic E-state index is 0.120. The summed E-state index contributed by atoms with van der Waals surface area (Å²) < 4.78 is 16.2. The number of thioether (sulfide) groups is 1. The summed E-state index contributed by atoms with van der Waals surface area (Å²) >= 11 is 1.32. The van der Waals surface area contributed by atoms with Crippen LogP contribution < -0.4 is 14.4 Å². The number of carboxylic acids is 1. The summed E-state index contributed by atoms with van der Waals surface area (Å²) in [6.45, 7) is 7.05. The van der Waals surface area contributed by atoms with Crippen LogP contribution in [0.1, 0.15) is 19.4 Å². The zero-order valence-corrected chi connectivity index (χ0v) is 21.3. The molecule has 2 saturated heterocycles. The van der Waals surface area contributed by atoms with E-state index >= 15 is 0 Å². The van der Waals surface area contributed by atoms with E-state index < -0.39 is 12.1 Å². The average Bonchev–Trinajstić information content (AvgIpc) is 3.18. The number of likely N-dealkylation sites (N-methyl/N-ethyl adjacent to an activating group) is 1. The molecule has 1 amide bonds. The molecule has 2 heterocycles. The summed E-state index contributed by atoms with van der Waals surface area (Å²) in [6, 6.07) is 13.1. The molecule has 2 aliphatic rings. The number of aliphatic imine (C=N–C) groups is 1. The number of ether oxygens (including phenoxy) is 3. The molecule has 2 fully saturated rings. The van der Waals surface area contributed by atoms with Gasteiger partial charge in [0.1, 0.15) is 0 Å². The number of carboxylic acid groups (broad SMARTS) is 1. The molecule has 10 heteroatoms. The van der Waals surface area contributed by atoms with Crippen molar-refractivity contribution in [2.45, 2.75) is 20.0 Å². The van der Waals surface area contributed by atoms with E-state index in [0.29, 0.717) is 28.1 Å². The van der Waals surface area contributed by atoms with E-state index in [4.69, 9.17) is 24.3 Å². The van der Waals surface area contributed by atoms with E-state index in [1.54, 1.807) is 29.2 Å². The molecular formula is C26H29N3O6S. The smallest absolute Gasteiger partial charge is 0.344 e. The van der Waals surface area contributed by atoms with Gasteiger partial charge in [0.15, 0.2) is 22.8 Å². The molecular weight excluding hydrogens is 482 g/mol. The largest absolute Gasteiger partial charge is 0.493 e. The number of hydrogen-bond acceptors (Lipinski definition) is 8. The molecule has 1 atom stereocenters. The van der Waals surface area contributed by atoms with E-state index in [0.717, 1.165) is 43.2 Å². The SMILES string of the molecule is CCN1C(=O)/C(=C/c2ccc(O[C@H](C)C(=O)O)c(OC)c2)SC1=Nc1ccc(N2CCOCC2)cc1. The quantitative estimate of drug-likeness (QED) is 0.531. The van der Waals surface area contributed by atoms with Gasteiger partial charge in [-0.2, -0.15) is 0 Å². The number of rotatable bonds is 8. The maximum atomic E-state index is 13.1. The number of hydrogen-bond donors (Lipinski definition) is 1. The molecule has 2 aromatic rings. The van der Waals surface area contributed by atoms with Gasteiger partial charge in [0, 0.05) is 25.3 Å². The Balaban J connectivity index is 1.53. The molecule has 0 radical (unpaired) electrons. The highest BCUT2D eigenvalue weighted by Crippen LogP contribution is 2.36. The van der Waals surface area contributed by atoms with Crippen molar-refractivity contribution in [1.82, 2.24) is 4.90 Å². The van der Waals surface area contributed by atoms with Crippen molar-refractivity contribution in [1.29, 1.82) is 0 Å². The zero-order valence-electron chi connectivity index (χ0n) is 20.5. The number of carbonyl (C=O) groups excluding carboxylic acids is 1. The summed E-state index contributed by atoms with van der Waals surface area (Å²) in [5.74, 6) is -0.490. The van der Waals surface area contributed by atoms with Gasteiger partial charge in [0.25, 0.3) is 5.91 Å². The Labute approximate surface area is 214 Å². The monoisotopic (exact) mass is 511 g/mol. The standard InChI is InChI=1S/C26H29N3O6S/c1-4-29-24(30)23(16-18-5-10-21(22(15-18)33-3)35-17(2)25(31)32)36-26(29)27-19-6-8-20(9-7-19)28-11-13-34-14-12-28/h5-10,15-17H,4,11-14H2,1-3H3,(H,31,32)/b23-16-,27-26?/t17-/m1/s1. The first-order chi connectivity index (χ1) is 17.4. The van der Waals surface area contributed by atoms with Crippen LogP contribution in [0.5, 0.6) is 11.5 Å². The number of carbonyl (C=O) groups is 2. The predicted molar refractivity (Wildman–Crippen MR) is 140 cm³/mol. The number of morpholine rings is 1.